The first kappa shape index (κ1) is 17.3. The van der Waals surface area contributed by atoms with Crippen LogP contribution in [0, 0.1) is 0 Å². The van der Waals surface area contributed by atoms with Gasteiger partial charge in [0.2, 0.25) is 5.91 Å². The van der Waals surface area contributed by atoms with E-state index in [1.807, 2.05) is 0 Å². The van der Waals surface area contributed by atoms with Crippen molar-refractivity contribution >= 4 is 11.6 Å². The second-order valence-electron chi connectivity index (χ2n) is 5.79. The molecular weight excluding hydrogens is 358 g/mol. The van der Waals surface area contributed by atoms with Crippen molar-refractivity contribution in [2.45, 2.75) is 6.42 Å². The number of rotatable bonds is 6. The molecule has 0 saturated heterocycles. The number of amides is 1. The molecule has 28 heavy (non-hydrogen) atoms. The lowest BCUT2D eigenvalue weighted by Crippen LogP contribution is -2.15. The summed E-state index contributed by atoms with van der Waals surface area (Å²) >= 11 is 0. The Balaban J connectivity index is 1.38. The molecular formula is C20H15N5O3. The summed E-state index contributed by atoms with van der Waals surface area (Å²) in [6.07, 6.45) is 7.78. The second-order valence-corrected chi connectivity index (χ2v) is 5.79. The van der Waals surface area contributed by atoms with Crippen LogP contribution in [-0.2, 0) is 11.2 Å². The molecule has 1 N–H and O–H groups in total. The monoisotopic (exact) mass is 373 g/mol. The van der Waals surface area contributed by atoms with Crippen molar-refractivity contribution in [1.82, 2.24) is 19.9 Å². The maximum atomic E-state index is 12.1. The van der Waals surface area contributed by atoms with Crippen LogP contribution in [0.5, 0.6) is 11.5 Å². The highest BCUT2D eigenvalue weighted by Gasteiger charge is 2.07. The number of aromatic nitrogens is 4. The number of hydrogen-bond acceptors (Lipinski definition) is 7. The molecule has 0 aliphatic rings. The molecule has 138 valence electrons. The number of nitrogens with zero attached hydrogens (tertiary/aromatic N) is 4. The zero-order chi connectivity index (χ0) is 19.2. The van der Waals surface area contributed by atoms with Gasteiger partial charge in [0.25, 0.3) is 0 Å². The van der Waals surface area contributed by atoms with Gasteiger partial charge < -0.3 is 14.5 Å². The number of hydrogen-bond donors (Lipinski definition) is 1. The van der Waals surface area contributed by atoms with Gasteiger partial charge in [-0.25, -0.2) is 15.0 Å². The van der Waals surface area contributed by atoms with E-state index in [4.69, 9.17) is 9.15 Å². The van der Waals surface area contributed by atoms with Gasteiger partial charge >= 0.3 is 0 Å². The minimum absolute atomic E-state index is 0.154. The lowest BCUT2D eigenvalue weighted by molar-refractivity contribution is -0.115. The Labute approximate surface area is 160 Å². The number of carbonyl (C=O) groups excluding carboxylic acids is 1. The molecule has 0 radical (unpaired) electrons. The average molecular weight is 373 g/mol. The number of nitrogens with one attached hydrogen (secondary N) is 1. The molecule has 0 saturated carbocycles. The summed E-state index contributed by atoms with van der Waals surface area (Å²) < 4.78 is 11.1. The van der Waals surface area contributed by atoms with Crippen molar-refractivity contribution in [2.75, 3.05) is 5.32 Å². The molecule has 0 spiro atoms. The van der Waals surface area contributed by atoms with Gasteiger partial charge in [-0.3, -0.25) is 9.78 Å². The summed E-state index contributed by atoms with van der Waals surface area (Å²) in [6.45, 7) is 0. The highest BCUT2D eigenvalue weighted by atomic mass is 16.5. The van der Waals surface area contributed by atoms with Crippen LogP contribution in [0.2, 0.25) is 0 Å². The summed E-state index contributed by atoms with van der Waals surface area (Å²) in [5.74, 6) is 1.65. The van der Waals surface area contributed by atoms with E-state index in [1.54, 1.807) is 61.1 Å². The van der Waals surface area contributed by atoms with Crippen LogP contribution in [0.3, 0.4) is 0 Å². The van der Waals surface area contributed by atoms with Crippen molar-refractivity contribution in [3.05, 3.63) is 79.5 Å². The Morgan fingerprint density at radius 3 is 2.64 bits per heavy atom. The van der Waals surface area contributed by atoms with E-state index in [0.29, 0.717) is 34.3 Å². The highest BCUT2D eigenvalue weighted by molar-refractivity contribution is 5.92. The van der Waals surface area contributed by atoms with Crippen LogP contribution in [-0.4, -0.2) is 25.8 Å². The summed E-state index contributed by atoms with van der Waals surface area (Å²) in [4.78, 5) is 28.1. The molecule has 8 heteroatoms. The molecule has 4 rings (SSSR count). The molecule has 8 nitrogen and oxygen atoms in total. The summed E-state index contributed by atoms with van der Waals surface area (Å²) in [6, 6.07) is 12.3. The average Bonchev–Trinajstić information content (AvgIpc) is 3.25. The second kappa shape index (κ2) is 8.09. The van der Waals surface area contributed by atoms with E-state index >= 15 is 0 Å². The Bertz CT molecular complexity index is 1050. The largest absolute Gasteiger partial charge is 0.457 e. The number of carbonyl (C=O) groups is 1. The zero-order valence-corrected chi connectivity index (χ0v) is 14.6. The minimum Gasteiger partial charge on any atom is -0.457 e. The summed E-state index contributed by atoms with van der Waals surface area (Å²) in [5.41, 5.74) is 1.96. The Kier molecular flexibility index (Phi) is 5.01. The molecule has 0 aliphatic heterocycles. The first-order chi connectivity index (χ1) is 13.8. The normalized spacial score (nSPS) is 10.4. The molecule has 1 aromatic carbocycles. The van der Waals surface area contributed by atoms with Gasteiger partial charge in [0.05, 0.1) is 18.3 Å². The number of benzene rings is 1. The molecule has 0 unspecified atom stereocenters. The first-order valence-corrected chi connectivity index (χ1v) is 8.44. The van der Waals surface area contributed by atoms with Crippen LogP contribution >= 0.6 is 0 Å². The lowest BCUT2D eigenvalue weighted by Gasteiger charge is -2.08. The van der Waals surface area contributed by atoms with E-state index < -0.39 is 0 Å². The molecule has 0 fully saturated rings. The van der Waals surface area contributed by atoms with E-state index in [1.165, 1.54) is 12.7 Å². The third-order valence-electron chi connectivity index (χ3n) is 3.77. The fourth-order valence-corrected chi connectivity index (χ4v) is 2.49. The van der Waals surface area contributed by atoms with E-state index in [-0.39, 0.29) is 12.3 Å². The molecule has 0 aliphatic carbocycles. The van der Waals surface area contributed by atoms with Crippen LogP contribution < -0.4 is 10.1 Å². The summed E-state index contributed by atoms with van der Waals surface area (Å²) in [7, 11) is 0. The van der Waals surface area contributed by atoms with Crippen LogP contribution in [0.15, 0.2) is 78.2 Å². The van der Waals surface area contributed by atoms with Crippen molar-refractivity contribution in [3.63, 3.8) is 0 Å². The Hall–Kier alpha value is -4.07. The zero-order valence-electron chi connectivity index (χ0n) is 14.6. The maximum Gasteiger partial charge on any atom is 0.230 e. The number of pyridine rings is 1. The van der Waals surface area contributed by atoms with Crippen LogP contribution in [0.25, 0.3) is 11.5 Å². The smallest absolute Gasteiger partial charge is 0.230 e. The first-order valence-electron chi connectivity index (χ1n) is 8.44. The number of anilines is 1. The number of ether oxygens (including phenoxy) is 1. The predicted molar refractivity (Wildman–Crippen MR) is 101 cm³/mol. The fraction of sp³-hybridized carbons (Fsp3) is 0.0500. The minimum atomic E-state index is -0.154. The third-order valence-corrected chi connectivity index (χ3v) is 3.77. The van der Waals surface area contributed by atoms with Crippen molar-refractivity contribution in [3.8, 4) is 23.0 Å². The Morgan fingerprint density at radius 2 is 1.89 bits per heavy atom. The van der Waals surface area contributed by atoms with Crippen LogP contribution in [0.4, 0.5) is 5.69 Å². The summed E-state index contributed by atoms with van der Waals surface area (Å²) in [5, 5.41) is 2.82. The van der Waals surface area contributed by atoms with Gasteiger partial charge in [0.15, 0.2) is 12.2 Å². The van der Waals surface area contributed by atoms with E-state index in [2.05, 4.69) is 25.3 Å². The van der Waals surface area contributed by atoms with Gasteiger partial charge in [0.1, 0.15) is 23.5 Å². The van der Waals surface area contributed by atoms with Crippen molar-refractivity contribution in [2.24, 2.45) is 0 Å². The SMILES string of the molecule is O=C(Cc1ccncn1)Nc1ccc(Oc2ccnc(-c3cnco3)c2)cc1. The fourth-order valence-electron chi connectivity index (χ4n) is 2.49. The van der Waals surface area contributed by atoms with E-state index in [0.717, 1.165) is 0 Å². The molecule has 3 aromatic heterocycles. The van der Waals surface area contributed by atoms with Crippen molar-refractivity contribution < 1.29 is 13.9 Å². The van der Waals surface area contributed by atoms with Gasteiger partial charge in [-0.15, -0.1) is 0 Å². The maximum absolute atomic E-state index is 12.1. The van der Waals surface area contributed by atoms with Gasteiger partial charge in [0, 0.05) is 24.1 Å². The molecule has 0 atom stereocenters. The van der Waals surface area contributed by atoms with Gasteiger partial charge in [-0.05, 0) is 36.4 Å². The Morgan fingerprint density at radius 1 is 1.00 bits per heavy atom. The molecule has 1 amide bonds. The lowest BCUT2D eigenvalue weighted by atomic mass is 10.2. The van der Waals surface area contributed by atoms with E-state index in [9.17, 15) is 4.79 Å². The molecule has 4 aromatic rings. The molecule has 3 heterocycles. The topological polar surface area (TPSA) is 103 Å². The standard InChI is InChI=1S/C20H15N5O3/c26-20(9-15-5-7-21-12-24-15)25-14-1-3-16(4-2-14)28-17-6-8-23-18(10-17)19-11-22-13-27-19/h1-8,10-13H,9H2,(H,25,26). The predicted octanol–water partition coefficient (Wildman–Crippen LogP) is 3.50. The third kappa shape index (κ3) is 4.36. The van der Waals surface area contributed by atoms with Gasteiger partial charge in [-0.2, -0.15) is 0 Å². The number of oxazole rings is 1. The molecule has 0 bridgehead atoms. The van der Waals surface area contributed by atoms with Gasteiger partial charge in [-0.1, -0.05) is 0 Å². The highest BCUT2D eigenvalue weighted by Crippen LogP contribution is 2.26. The van der Waals surface area contributed by atoms with Crippen LogP contribution in [0.1, 0.15) is 5.69 Å². The van der Waals surface area contributed by atoms with Crippen molar-refractivity contribution in [1.29, 1.82) is 0 Å². The quantitative estimate of drug-likeness (QED) is 0.552.